The van der Waals surface area contributed by atoms with Gasteiger partial charge in [0.2, 0.25) is 0 Å². The summed E-state index contributed by atoms with van der Waals surface area (Å²) in [5, 5.41) is 25.7. The molecular formula is C22H31AtN6O7. The summed E-state index contributed by atoms with van der Waals surface area (Å²) in [5.74, 6) is -3.12. The number of amides is 3. The Morgan fingerprint density at radius 3 is 2.14 bits per heavy atom. The number of carbonyl (C=O) groups excluding carboxylic acids is 3. The smallest absolute Gasteiger partial charge is 0.480 e. The van der Waals surface area contributed by atoms with E-state index in [1.807, 2.05) is 0 Å². The Morgan fingerprint density at radius 1 is 1.00 bits per heavy atom. The number of guanidine groups is 1. The molecule has 13 nitrogen and oxygen atoms in total. The van der Waals surface area contributed by atoms with E-state index in [0.717, 1.165) is 8.83 Å². The van der Waals surface area contributed by atoms with Crippen molar-refractivity contribution in [2.24, 2.45) is 16.5 Å². The number of hydrogen-bond acceptors (Lipinski definition) is 6. The molecule has 0 aromatic heterocycles. The monoisotopic (exact) mass is 702 g/mol. The number of carbonyl (C=O) groups is 5. The first-order valence-corrected chi connectivity index (χ1v) is 12.5. The van der Waals surface area contributed by atoms with Crippen LogP contribution >= 0.6 is 0 Å². The molecule has 0 aliphatic rings. The number of benzene rings is 1. The van der Waals surface area contributed by atoms with Crippen molar-refractivity contribution in [1.82, 2.24) is 16.0 Å². The van der Waals surface area contributed by atoms with Gasteiger partial charge >= 0.3 is 167 Å². The Kier molecular flexibility index (Phi) is 13.4. The van der Waals surface area contributed by atoms with Gasteiger partial charge < -0.3 is 15.2 Å². The zero-order valence-corrected chi connectivity index (χ0v) is 22.7. The molecule has 0 aliphatic carbocycles. The summed E-state index contributed by atoms with van der Waals surface area (Å²) in [6.07, 6.45) is 0.775. The Morgan fingerprint density at radius 2 is 1.61 bits per heavy atom. The second-order valence-electron chi connectivity index (χ2n) is 7.94. The maximum atomic E-state index is 12.4. The topological polar surface area (TPSA) is 226 Å². The van der Waals surface area contributed by atoms with Crippen LogP contribution in [0.15, 0.2) is 23.2 Å². The summed E-state index contributed by atoms with van der Waals surface area (Å²) in [6.45, 7) is 1.92. The van der Waals surface area contributed by atoms with Crippen molar-refractivity contribution in [3.05, 3.63) is 29.3 Å². The van der Waals surface area contributed by atoms with Gasteiger partial charge in [-0.15, -0.1) is 0 Å². The van der Waals surface area contributed by atoms with Crippen LogP contribution in [0.1, 0.15) is 54.9 Å². The van der Waals surface area contributed by atoms with E-state index in [4.69, 9.17) is 16.6 Å². The SMILES string of the molecule is CC(=O)CC[C@H](NC(=O)N[C@@H](CCCCNC(=O)c1ccc(CN=C(N)N)c([211At])c1)C(=O)O)C(=O)O. The second kappa shape index (κ2) is 15.7. The van der Waals surface area contributed by atoms with Crippen molar-refractivity contribution in [2.75, 3.05) is 6.54 Å². The Labute approximate surface area is 223 Å². The summed E-state index contributed by atoms with van der Waals surface area (Å²) < 4.78 is 0.910. The molecule has 0 bridgehead atoms. The molecule has 0 saturated carbocycles. The van der Waals surface area contributed by atoms with Gasteiger partial charge in [-0.3, -0.25) is 0 Å². The molecule has 0 fully saturated rings. The van der Waals surface area contributed by atoms with Crippen LogP contribution in [0, 0.1) is 24.7 Å². The van der Waals surface area contributed by atoms with Gasteiger partial charge in [-0.1, -0.05) is 0 Å². The molecule has 3 amide bonds. The molecule has 198 valence electrons. The fourth-order valence-corrected chi connectivity index (χ4v) is 3.93. The number of Topliss-reactive ketones (excluding diaryl/α,β-unsaturated/α-hetero) is 1. The first-order valence-electron chi connectivity index (χ1n) is 11.0. The number of rotatable bonds is 15. The van der Waals surface area contributed by atoms with Gasteiger partial charge in [-0.25, -0.2) is 9.59 Å². The molecule has 0 radical (unpaired) electrons. The predicted octanol–water partition coefficient (Wildman–Crippen LogP) is -0.890. The van der Waals surface area contributed by atoms with Crippen LogP contribution in [-0.4, -0.2) is 64.5 Å². The van der Waals surface area contributed by atoms with Gasteiger partial charge in [0, 0.05) is 6.42 Å². The van der Waals surface area contributed by atoms with E-state index in [9.17, 15) is 29.1 Å². The molecule has 0 aliphatic heterocycles. The molecule has 1 aromatic rings. The third-order valence-electron chi connectivity index (χ3n) is 4.94. The van der Waals surface area contributed by atoms with Crippen molar-refractivity contribution in [1.29, 1.82) is 0 Å². The van der Waals surface area contributed by atoms with Crippen molar-refractivity contribution in [2.45, 2.75) is 57.7 Å². The van der Waals surface area contributed by atoms with Crippen LogP contribution in [0.5, 0.6) is 0 Å². The number of hydrogen-bond donors (Lipinski definition) is 7. The van der Waals surface area contributed by atoms with Gasteiger partial charge in [-0.2, -0.15) is 0 Å². The molecule has 0 spiro atoms. The van der Waals surface area contributed by atoms with E-state index in [2.05, 4.69) is 20.9 Å². The third-order valence-corrected chi connectivity index (χ3v) is 6.31. The number of aliphatic imine (C=N–C) groups is 1. The number of urea groups is 1. The molecule has 14 heteroatoms. The van der Waals surface area contributed by atoms with E-state index < -0.39 is 30.1 Å². The average Bonchev–Trinajstić information content (AvgIpc) is 2.79. The molecule has 0 saturated heterocycles. The zero-order chi connectivity index (χ0) is 27.3. The summed E-state index contributed by atoms with van der Waals surface area (Å²) in [5.41, 5.74) is 12.1. The van der Waals surface area contributed by atoms with Crippen LogP contribution < -0.4 is 30.7 Å². The van der Waals surface area contributed by atoms with Crippen LogP contribution in [-0.2, 0) is 20.9 Å². The van der Waals surface area contributed by atoms with E-state index in [0.29, 0.717) is 31.5 Å². The van der Waals surface area contributed by atoms with Gasteiger partial charge in [0.1, 0.15) is 11.8 Å². The number of carboxylic acid groups (broad SMARTS) is 2. The summed E-state index contributed by atoms with van der Waals surface area (Å²) in [7, 11) is 0. The van der Waals surface area contributed by atoms with Crippen molar-refractivity contribution in [3.8, 4) is 0 Å². The Balaban J connectivity index is 2.48. The molecule has 0 unspecified atom stereocenters. The van der Waals surface area contributed by atoms with E-state index in [-0.39, 0.29) is 36.9 Å². The molecule has 9 N–H and O–H groups in total. The van der Waals surface area contributed by atoms with Gasteiger partial charge in [0.25, 0.3) is 0 Å². The van der Waals surface area contributed by atoms with Crippen molar-refractivity contribution < 1.29 is 58.9 Å². The number of nitrogens with one attached hydrogen (secondary N) is 3. The zero-order valence-electron chi connectivity index (χ0n) is 19.8. The summed E-state index contributed by atoms with van der Waals surface area (Å²) in [4.78, 5) is 62.2. The van der Waals surface area contributed by atoms with Gasteiger partial charge in [0.05, 0.1) is 0 Å². The standard InChI is InChI=1S/C22H31AtN6O7/c1-12(30)5-8-17(20(34)35)29-22(36)28-16(19(32)33)4-2-3-9-26-18(31)13-6-7-14(15(23)10-13)11-27-21(24)25/h6-7,10,16-17H,2-5,8-9,11H2,1H3,(H,26,31)(H,32,33)(H,34,35)(H4,24,25,27)(H2,28,29,36)/t16-,17-/m0/s1/i23+1. The van der Waals surface area contributed by atoms with Crippen LogP contribution in [0.2, 0.25) is 0 Å². The van der Waals surface area contributed by atoms with E-state index in [1.165, 1.54) is 31.6 Å². The fraction of sp³-hybridized carbons (Fsp3) is 0.455. The number of aliphatic carboxylic acids is 2. The number of carboxylic acids is 2. The maximum absolute atomic E-state index is 12.4. The van der Waals surface area contributed by atoms with E-state index >= 15 is 0 Å². The van der Waals surface area contributed by atoms with Gasteiger partial charge in [0.15, 0.2) is 0 Å². The Hall–Kier alpha value is -3.28. The van der Waals surface area contributed by atoms with Gasteiger partial charge in [-0.05, 0) is 13.3 Å². The molecule has 36 heavy (non-hydrogen) atoms. The normalized spacial score (nSPS) is 12.1. The molecule has 1 rings (SSSR count). The number of nitrogens with two attached hydrogens (primary N) is 2. The molecule has 2 atom stereocenters. The van der Waals surface area contributed by atoms with Crippen LogP contribution in [0.25, 0.3) is 0 Å². The minimum Gasteiger partial charge on any atom is -0.480 e. The molecular weight excluding hydrogens is 671 g/mol. The minimum absolute atomic E-state index is 0.0158. The fourth-order valence-electron chi connectivity index (χ4n) is 2.99. The number of ketones is 1. The van der Waals surface area contributed by atoms with E-state index in [1.54, 1.807) is 18.2 Å². The predicted molar refractivity (Wildman–Crippen MR) is 126 cm³/mol. The van der Waals surface area contributed by atoms with Crippen LogP contribution in [0.3, 0.4) is 0 Å². The Bertz CT molecular complexity index is 997. The first kappa shape index (κ1) is 30.8. The second-order valence-corrected chi connectivity index (χ2v) is 9.52. The first-order chi connectivity index (χ1) is 16.9. The average molecular weight is 703 g/mol. The number of unbranched alkanes of at least 4 members (excludes halogenated alkanes) is 1. The van der Waals surface area contributed by atoms with Crippen molar-refractivity contribution in [3.63, 3.8) is 0 Å². The quantitative estimate of drug-likeness (QED) is 0.0683. The third kappa shape index (κ3) is 11.9. The molecule has 1 aromatic carbocycles. The summed E-state index contributed by atoms with van der Waals surface area (Å²) >= 11 is 1.38. The number of nitrogens with zero attached hydrogens (tertiary/aromatic N) is 1. The van der Waals surface area contributed by atoms with Crippen molar-refractivity contribution >= 4 is 38.9 Å². The minimum atomic E-state index is -1.33. The van der Waals surface area contributed by atoms with Crippen LogP contribution in [0.4, 0.5) is 4.79 Å². The summed E-state index contributed by atoms with van der Waals surface area (Å²) in [6, 6.07) is 1.67. The molecule has 0 heterocycles.